The highest BCUT2D eigenvalue weighted by Gasteiger charge is 2.30. The molecule has 0 radical (unpaired) electrons. The van der Waals surface area contributed by atoms with Gasteiger partial charge in [-0.2, -0.15) is 13.2 Å². The maximum atomic E-state index is 12.6. The minimum Gasteiger partial charge on any atom is -0.452 e. The average molecular weight is 418 g/mol. The number of nitrogens with one attached hydrogen (secondary N) is 1. The minimum atomic E-state index is -4.53. The second kappa shape index (κ2) is 8.92. The molecule has 9 heteroatoms. The molecule has 0 fully saturated rings. The predicted octanol–water partition coefficient (Wildman–Crippen LogP) is 5.21. The Balaban J connectivity index is 1.88. The number of alkyl halides is 3. The Kier molecular flexibility index (Phi) is 6.87. The summed E-state index contributed by atoms with van der Waals surface area (Å²) in [6.07, 6.45) is -2.08. The standard InChI is InChI=1S/C18H12Cl2F3NO3/c19-13-6-4-11(15(20)9-13)5-7-17(26)27-10-16(25)24-14-3-1-2-12(8-14)18(21,22)23/h1-9H,10H2,(H,24,25)/b7-5+. The van der Waals surface area contributed by atoms with Crippen LogP contribution < -0.4 is 5.32 Å². The molecule has 2 aromatic carbocycles. The topological polar surface area (TPSA) is 55.4 Å². The van der Waals surface area contributed by atoms with Crippen molar-refractivity contribution < 1.29 is 27.5 Å². The molecule has 0 heterocycles. The molecular formula is C18H12Cl2F3NO3. The first-order valence-corrected chi connectivity index (χ1v) is 8.18. The van der Waals surface area contributed by atoms with E-state index in [1.807, 2.05) is 0 Å². The molecule has 0 bridgehead atoms. The van der Waals surface area contributed by atoms with Crippen LogP contribution in [0, 0.1) is 0 Å². The zero-order chi connectivity index (χ0) is 20.0. The number of carbonyl (C=O) groups excluding carboxylic acids is 2. The van der Waals surface area contributed by atoms with E-state index in [0.29, 0.717) is 15.6 Å². The van der Waals surface area contributed by atoms with Crippen molar-refractivity contribution >= 4 is 46.8 Å². The second-order valence-electron chi connectivity index (χ2n) is 5.23. The lowest BCUT2D eigenvalue weighted by Crippen LogP contribution is -2.20. The van der Waals surface area contributed by atoms with Gasteiger partial charge in [0.15, 0.2) is 6.61 Å². The van der Waals surface area contributed by atoms with Crippen LogP contribution in [0.4, 0.5) is 18.9 Å². The van der Waals surface area contributed by atoms with Crippen LogP contribution in [-0.4, -0.2) is 18.5 Å². The maximum Gasteiger partial charge on any atom is 0.416 e. The second-order valence-corrected chi connectivity index (χ2v) is 6.08. The quantitative estimate of drug-likeness (QED) is 0.536. The fourth-order valence-electron chi connectivity index (χ4n) is 1.95. The molecule has 1 N–H and O–H groups in total. The number of ether oxygens (including phenoxy) is 1. The largest absolute Gasteiger partial charge is 0.452 e. The molecule has 142 valence electrons. The number of rotatable bonds is 5. The van der Waals surface area contributed by atoms with Gasteiger partial charge >= 0.3 is 12.1 Å². The van der Waals surface area contributed by atoms with E-state index in [4.69, 9.17) is 27.9 Å². The fourth-order valence-corrected chi connectivity index (χ4v) is 2.42. The van der Waals surface area contributed by atoms with Crippen molar-refractivity contribution in [1.29, 1.82) is 0 Å². The third-order valence-corrected chi connectivity index (χ3v) is 3.74. The van der Waals surface area contributed by atoms with Gasteiger partial charge in [0.05, 0.1) is 5.56 Å². The minimum absolute atomic E-state index is 0.0608. The summed E-state index contributed by atoms with van der Waals surface area (Å²) in [5.74, 6) is -1.60. The first-order chi connectivity index (χ1) is 12.6. The number of benzene rings is 2. The van der Waals surface area contributed by atoms with Gasteiger partial charge in [-0.1, -0.05) is 35.3 Å². The average Bonchev–Trinajstić information content (AvgIpc) is 2.58. The molecule has 0 aliphatic heterocycles. The molecule has 0 unspecified atom stereocenters. The van der Waals surface area contributed by atoms with Crippen molar-refractivity contribution in [3.63, 3.8) is 0 Å². The number of carbonyl (C=O) groups is 2. The highest BCUT2D eigenvalue weighted by atomic mass is 35.5. The fraction of sp³-hybridized carbons (Fsp3) is 0.111. The van der Waals surface area contributed by atoms with Gasteiger partial charge in [-0.25, -0.2) is 4.79 Å². The molecule has 2 aromatic rings. The molecule has 2 rings (SSSR count). The number of amides is 1. The monoisotopic (exact) mass is 417 g/mol. The smallest absolute Gasteiger partial charge is 0.416 e. The van der Waals surface area contributed by atoms with E-state index in [1.165, 1.54) is 18.2 Å². The van der Waals surface area contributed by atoms with E-state index in [1.54, 1.807) is 12.1 Å². The molecule has 4 nitrogen and oxygen atoms in total. The molecule has 0 saturated carbocycles. The molecule has 27 heavy (non-hydrogen) atoms. The first kappa shape index (κ1) is 20.8. The predicted molar refractivity (Wildman–Crippen MR) is 96.5 cm³/mol. The summed E-state index contributed by atoms with van der Waals surface area (Å²) in [5.41, 5.74) is -0.444. The third-order valence-electron chi connectivity index (χ3n) is 3.18. The number of halogens is 5. The molecule has 0 aliphatic rings. The summed E-state index contributed by atoms with van der Waals surface area (Å²) in [4.78, 5) is 23.3. The van der Waals surface area contributed by atoms with Crippen molar-refractivity contribution in [2.75, 3.05) is 11.9 Å². The van der Waals surface area contributed by atoms with Gasteiger partial charge in [-0.05, 0) is 42.0 Å². The van der Waals surface area contributed by atoms with Crippen molar-refractivity contribution in [3.8, 4) is 0 Å². The zero-order valence-electron chi connectivity index (χ0n) is 13.5. The van der Waals surface area contributed by atoms with Gasteiger partial charge in [0.2, 0.25) is 0 Å². The Morgan fingerprint density at radius 3 is 2.52 bits per heavy atom. The van der Waals surface area contributed by atoms with Crippen LogP contribution >= 0.6 is 23.2 Å². The zero-order valence-corrected chi connectivity index (χ0v) is 15.0. The normalized spacial score (nSPS) is 11.4. The van der Waals surface area contributed by atoms with Gasteiger partial charge in [0.25, 0.3) is 5.91 Å². The molecule has 0 spiro atoms. The molecule has 0 aliphatic carbocycles. The maximum absolute atomic E-state index is 12.6. The van der Waals surface area contributed by atoms with E-state index in [9.17, 15) is 22.8 Å². The van der Waals surface area contributed by atoms with Gasteiger partial charge in [0.1, 0.15) is 0 Å². The molecular weight excluding hydrogens is 406 g/mol. The van der Waals surface area contributed by atoms with Crippen LogP contribution in [0.15, 0.2) is 48.5 Å². The highest BCUT2D eigenvalue weighted by Crippen LogP contribution is 2.30. The van der Waals surface area contributed by atoms with Crippen molar-refractivity contribution in [2.45, 2.75) is 6.18 Å². The summed E-state index contributed by atoms with van der Waals surface area (Å²) >= 11 is 11.7. The van der Waals surface area contributed by atoms with Gasteiger partial charge < -0.3 is 10.1 Å². The summed E-state index contributed by atoms with van der Waals surface area (Å²) in [6, 6.07) is 8.78. The molecule has 0 saturated heterocycles. The van der Waals surface area contributed by atoms with Crippen LogP contribution in [0.25, 0.3) is 6.08 Å². The summed E-state index contributed by atoms with van der Waals surface area (Å²) in [6.45, 7) is -0.659. The highest BCUT2D eigenvalue weighted by molar-refractivity contribution is 6.35. The summed E-state index contributed by atoms with van der Waals surface area (Å²) in [5, 5.41) is 2.99. The molecule has 0 aromatic heterocycles. The van der Waals surface area contributed by atoms with Crippen LogP contribution in [-0.2, 0) is 20.5 Å². The number of hydrogen-bond acceptors (Lipinski definition) is 3. The van der Waals surface area contributed by atoms with E-state index < -0.39 is 30.2 Å². The van der Waals surface area contributed by atoms with Gasteiger partial charge in [0, 0.05) is 21.8 Å². The van der Waals surface area contributed by atoms with Gasteiger partial charge in [-0.3, -0.25) is 4.79 Å². The Morgan fingerprint density at radius 1 is 1.11 bits per heavy atom. The van der Waals surface area contributed by atoms with E-state index >= 15 is 0 Å². The van der Waals surface area contributed by atoms with Crippen molar-refractivity contribution in [2.24, 2.45) is 0 Å². The Morgan fingerprint density at radius 2 is 1.85 bits per heavy atom. The van der Waals surface area contributed by atoms with Gasteiger partial charge in [-0.15, -0.1) is 0 Å². The van der Waals surface area contributed by atoms with E-state index in [2.05, 4.69) is 5.32 Å². The van der Waals surface area contributed by atoms with Crippen LogP contribution in [0.5, 0.6) is 0 Å². The van der Waals surface area contributed by atoms with Crippen LogP contribution in [0.1, 0.15) is 11.1 Å². The molecule has 0 atom stereocenters. The lowest BCUT2D eigenvalue weighted by atomic mass is 10.2. The lowest BCUT2D eigenvalue weighted by Gasteiger charge is -2.09. The van der Waals surface area contributed by atoms with E-state index in [0.717, 1.165) is 24.3 Å². The van der Waals surface area contributed by atoms with E-state index in [-0.39, 0.29) is 5.69 Å². The summed E-state index contributed by atoms with van der Waals surface area (Å²) in [7, 11) is 0. The molecule has 1 amide bonds. The Hall–Kier alpha value is -2.51. The lowest BCUT2D eigenvalue weighted by molar-refractivity contribution is -0.142. The van der Waals surface area contributed by atoms with Crippen molar-refractivity contribution in [1.82, 2.24) is 0 Å². The number of esters is 1. The third kappa shape index (κ3) is 6.62. The first-order valence-electron chi connectivity index (χ1n) is 7.42. The Labute approximate surface area is 162 Å². The number of hydrogen-bond donors (Lipinski definition) is 1. The van der Waals surface area contributed by atoms with Crippen molar-refractivity contribution in [3.05, 3.63) is 69.7 Å². The Bertz CT molecular complexity index is 882. The van der Waals surface area contributed by atoms with Crippen LogP contribution in [0.3, 0.4) is 0 Å². The summed E-state index contributed by atoms with van der Waals surface area (Å²) < 4.78 is 42.6. The van der Waals surface area contributed by atoms with Crippen LogP contribution in [0.2, 0.25) is 10.0 Å². The number of anilines is 1. The SMILES string of the molecule is O=C(COC(=O)/C=C/c1ccc(Cl)cc1Cl)Nc1cccc(C(F)(F)F)c1.